The van der Waals surface area contributed by atoms with Crippen molar-refractivity contribution in [1.29, 1.82) is 0 Å². The number of aryl methyl sites for hydroxylation is 1. The van der Waals surface area contributed by atoms with E-state index in [1.54, 1.807) is 13.0 Å². The second-order valence-corrected chi connectivity index (χ2v) is 4.54. The predicted molar refractivity (Wildman–Crippen MR) is 77.6 cm³/mol. The number of carbonyl (C=O) groups is 1. The van der Waals surface area contributed by atoms with Gasteiger partial charge in [-0.05, 0) is 49.8 Å². The van der Waals surface area contributed by atoms with E-state index in [9.17, 15) is 4.79 Å². The molecule has 1 rings (SSSR count). The lowest BCUT2D eigenvalue weighted by Crippen LogP contribution is -2.12. The molecule has 5 heteroatoms. The molecule has 0 saturated heterocycles. The van der Waals surface area contributed by atoms with Gasteiger partial charge < -0.3 is 20.7 Å². The highest BCUT2D eigenvalue weighted by Crippen LogP contribution is 2.25. The van der Waals surface area contributed by atoms with Crippen LogP contribution in [0, 0.1) is 0 Å². The van der Waals surface area contributed by atoms with Gasteiger partial charge in [-0.15, -0.1) is 0 Å². The molecule has 1 aromatic carbocycles. The Morgan fingerprint density at radius 3 is 2.45 bits per heavy atom. The minimum Gasteiger partial charge on any atom is -0.462 e. The molecule has 1 aromatic rings. The summed E-state index contributed by atoms with van der Waals surface area (Å²) in [4.78, 5) is 11.8. The highest BCUT2D eigenvalue weighted by atomic mass is 16.5. The third-order valence-electron chi connectivity index (χ3n) is 3.14. The van der Waals surface area contributed by atoms with Crippen LogP contribution in [0.15, 0.2) is 12.1 Å². The summed E-state index contributed by atoms with van der Waals surface area (Å²) in [6, 6.07) is 3.52. The van der Waals surface area contributed by atoms with Crippen molar-refractivity contribution >= 4 is 11.7 Å². The fourth-order valence-corrected chi connectivity index (χ4v) is 2.15. The van der Waals surface area contributed by atoms with Crippen LogP contribution in [0.2, 0.25) is 0 Å². The molecule has 0 spiro atoms. The third kappa shape index (κ3) is 4.21. The molecule has 5 nitrogen and oxygen atoms in total. The molecule has 0 amide bonds. The van der Waals surface area contributed by atoms with Crippen LogP contribution in [0.1, 0.15) is 41.3 Å². The molecule has 0 atom stereocenters. The van der Waals surface area contributed by atoms with E-state index in [0.717, 1.165) is 11.1 Å². The van der Waals surface area contributed by atoms with Crippen molar-refractivity contribution in [3.63, 3.8) is 0 Å². The molecular weight excluding hydrogens is 258 g/mol. The van der Waals surface area contributed by atoms with E-state index in [1.807, 2.05) is 6.07 Å². The molecular formula is C15H23NO4. The normalized spacial score (nSPS) is 10.6. The lowest BCUT2D eigenvalue weighted by molar-refractivity contribution is 0.0527. The van der Waals surface area contributed by atoms with E-state index in [0.29, 0.717) is 43.5 Å². The summed E-state index contributed by atoms with van der Waals surface area (Å²) < 4.78 is 4.98. The first-order chi connectivity index (χ1) is 9.65. The number of rotatable bonds is 8. The molecule has 0 radical (unpaired) electrons. The number of esters is 1. The van der Waals surface area contributed by atoms with Gasteiger partial charge in [0.05, 0.1) is 12.2 Å². The SMILES string of the molecule is CCOC(=O)c1ccc(CCCO)c(CCCO)c1N. The van der Waals surface area contributed by atoms with Crippen LogP contribution in [-0.2, 0) is 17.6 Å². The molecule has 112 valence electrons. The van der Waals surface area contributed by atoms with Gasteiger partial charge in [0.15, 0.2) is 0 Å². The number of aliphatic hydroxyl groups excluding tert-OH is 2. The lowest BCUT2D eigenvalue weighted by atomic mass is 9.94. The van der Waals surface area contributed by atoms with E-state index in [2.05, 4.69) is 0 Å². The first kappa shape index (κ1) is 16.5. The first-order valence-electron chi connectivity index (χ1n) is 6.94. The highest BCUT2D eigenvalue weighted by Gasteiger charge is 2.16. The maximum atomic E-state index is 11.8. The number of carbonyl (C=O) groups excluding carboxylic acids is 1. The van der Waals surface area contributed by atoms with Crippen LogP contribution < -0.4 is 5.73 Å². The number of hydrogen-bond acceptors (Lipinski definition) is 5. The molecule has 0 bridgehead atoms. The standard InChI is InChI=1S/C15H23NO4/c1-2-20-15(19)13-8-7-11(5-3-9-17)12(14(13)16)6-4-10-18/h7-8,17-18H,2-6,9-10,16H2,1H3. The lowest BCUT2D eigenvalue weighted by Gasteiger charge is -2.15. The molecule has 0 aromatic heterocycles. The zero-order valence-corrected chi connectivity index (χ0v) is 11.9. The van der Waals surface area contributed by atoms with Gasteiger partial charge in [0.1, 0.15) is 0 Å². The number of nitrogens with two attached hydrogens (primary N) is 1. The number of nitrogen functional groups attached to an aromatic ring is 1. The van der Waals surface area contributed by atoms with Crippen molar-refractivity contribution in [2.45, 2.75) is 32.6 Å². The number of ether oxygens (including phenoxy) is 1. The van der Waals surface area contributed by atoms with Crippen LogP contribution in [0.25, 0.3) is 0 Å². The van der Waals surface area contributed by atoms with E-state index in [1.165, 1.54) is 0 Å². The zero-order chi connectivity index (χ0) is 15.0. The minimum absolute atomic E-state index is 0.0719. The van der Waals surface area contributed by atoms with E-state index in [-0.39, 0.29) is 13.2 Å². The number of hydrogen-bond donors (Lipinski definition) is 3. The molecule has 0 saturated carbocycles. The van der Waals surface area contributed by atoms with Crippen molar-refractivity contribution in [3.05, 3.63) is 28.8 Å². The Morgan fingerprint density at radius 1 is 1.20 bits per heavy atom. The Hall–Kier alpha value is -1.59. The van der Waals surface area contributed by atoms with E-state index >= 15 is 0 Å². The second-order valence-electron chi connectivity index (χ2n) is 4.54. The van der Waals surface area contributed by atoms with Gasteiger partial charge in [0.2, 0.25) is 0 Å². The molecule has 0 fully saturated rings. The minimum atomic E-state index is -0.427. The van der Waals surface area contributed by atoms with Crippen LogP contribution in [0.4, 0.5) is 5.69 Å². The topological polar surface area (TPSA) is 92.8 Å². The zero-order valence-electron chi connectivity index (χ0n) is 11.9. The average Bonchev–Trinajstić information content (AvgIpc) is 2.44. The van der Waals surface area contributed by atoms with Crippen LogP contribution >= 0.6 is 0 Å². The summed E-state index contributed by atoms with van der Waals surface area (Å²) in [6.07, 6.45) is 2.54. The van der Waals surface area contributed by atoms with Crippen molar-refractivity contribution in [3.8, 4) is 0 Å². The smallest absolute Gasteiger partial charge is 0.340 e. The molecule has 20 heavy (non-hydrogen) atoms. The maximum Gasteiger partial charge on any atom is 0.340 e. The van der Waals surface area contributed by atoms with Gasteiger partial charge in [0, 0.05) is 18.9 Å². The van der Waals surface area contributed by atoms with Crippen LogP contribution in [0.5, 0.6) is 0 Å². The van der Waals surface area contributed by atoms with Gasteiger partial charge in [0.25, 0.3) is 0 Å². The van der Waals surface area contributed by atoms with Gasteiger partial charge in [-0.25, -0.2) is 4.79 Å². The summed E-state index contributed by atoms with van der Waals surface area (Å²) in [5.74, 6) is -0.427. The van der Waals surface area contributed by atoms with Crippen LogP contribution in [0.3, 0.4) is 0 Å². The van der Waals surface area contributed by atoms with Gasteiger partial charge in [-0.1, -0.05) is 6.07 Å². The summed E-state index contributed by atoms with van der Waals surface area (Å²) in [5, 5.41) is 17.9. The average molecular weight is 281 g/mol. The van der Waals surface area contributed by atoms with Gasteiger partial charge in [-0.3, -0.25) is 0 Å². The number of aliphatic hydroxyl groups is 2. The van der Waals surface area contributed by atoms with E-state index < -0.39 is 5.97 Å². The first-order valence-corrected chi connectivity index (χ1v) is 6.94. The number of anilines is 1. The Kier molecular flexibility index (Phi) is 7.04. The van der Waals surface area contributed by atoms with Crippen molar-refractivity contribution in [2.75, 3.05) is 25.6 Å². The Labute approximate surface area is 119 Å². The highest BCUT2D eigenvalue weighted by molar-refractivity contribution is 5.96. The van der Waals surface area contributed by atoms with Crippen molar-refractivity contribution in [2.24, 2.45) is 0 Å². The Bertz CT molecular complexity index is 446. The Balaban J connectivity index is 3.09. The Morgan fingerprint density at radius 2 is 1.85 bits per heavy atom. The van der Waals surface area contributed by atoms with Gasteiger partial charge in [-0.2, -0.15) is 0 Å². The van der Waals surface area contributed by atoms with Crippen LogP contribution in [-0.4, -0.2) is 36.0 Å². The molecule has 0 unspecified atom stereocenters. The third-order valence-corrected chi connectivity index (χ3v) is 3.14. The molecule has 0 aliphatic rings. The number of benzene rings is 1. The largest absolute Gasteiger partial charge is 0.462 e. The molecule has 4 N–H and O–H groups in total. The summed E-state index contributed by atoms with van der Waals surface area (Å²) in [6.45, 7) is 2.23. The fraction of sp³-hybridized carbons (Fsp3) is 0.533. The monoisotopic (exact) mass is 281 g/mol. The van der Waals surface area contributed by atoms with E-state index in [4.69, 9.17) is 20.7 Å². The fourth-order valence-electron chi connectivity index (χ4n) is 2.15. The summed E-state index contributed by atoms with van der Waals surface area (Å²) in [5.41, 5.74) is 8.76. The van der Waals surface area contributed by atoms with Crippen molar-refractivity contribution in [1.82, 2.24) is 0 Å². The summed E-state index contributed by atoms with van der Waals surface area (Å²) in [7, 11) is 0. The van der Waals surface area contributed by atoms with Crippen molar-refractivity contribution < 1.29 is 19.7 Å². The second kappa shape index (κ2) is 8.55. The molecule has 0 aliphatic carbocycles. The van der Waals surface area contributed by atoms with Gasteiger partial charge >= 0.3 is 5.97 Å². The maximum absolute atomic E-state index is 11.8. The quantitative estimate of drug-likeness (QED) is 0.493. The molecule has 0 aliphatic heterocycles. The predicted octanol–water partition coefficient (Wildman–Crippen LogP) is 1.30. The molecule has 0 heterocycles. The summed E-state index contributed by atoms with van der Waals surface area (Å²) >= 11 is 0.